The number of carbonyl (C=O) groups excluding carboxylic acids is 1. The van der Waals surface area contributed by atoms with Crippen molar-refractivity contribution in [2.75, 3.05) is 48.8 Å². The number of carbonyl (C=O) groups is 1. The maximum absolute atomic E-state index is 12.3. The molecular weight excluding hydrogens is 490 g/mol. The number of anilines is 3. The van der Waals surface area contributed by atoms with Crippen LogP contribution < -0.4 is 20.9 Å². The van der Waals surface area contributed by atoms with E-state index >= 15 is 0 Å². The third-order valence-corrected chi connectivity index (χ3v) is 7.62. The average Bonchev–Trinajstić information content (AvgIpc) is 3.66. The first-order valence-electron chi connectivity index (χ1n) is 12.7. The van der Waals surface area contributed by atoms with Crippen molar-refractivity contribution in [3.63, 3.8) is 0 Å². The molecule has 2 aliphatic heterocycles. The molecule has 2 bridgehead atoms. The lowest BCUT2D eigenvalue weighted by molar-refractivity contribution is -0.117. The molecule has 10 nitrogen and oxygen atoms in total. The van der Waals surface area contributed by atoms with E-state index in [1.165, 1.54) is 12.1 Å². The zero-order valence-corrected chi connectivity index (χ0v) is 21.5. The maximum Gasteiger partial charge on any atom is 0.228 e. The lowest BCUT2D eigenvalue weighted by Crippen LogP contribution is -2.51. The van der Waals surface area contributed by atoms with Crippen LogP contribution in [0.25, 0.3) is 27.8 Å². The predicted octanol–water partition coefficient (Wildman–Crippen LogP) is 3.20. The second-order valence-corrected chi connectivity index (χ2v) is 10.3. The van der Waals surface area contributed by atoms with Gasteiger partial charge in [0.2, 0.25) is 5.91 Å². The number of nitrogens with zero attached hydrogens (tertiary/aromatic N) is 6. The summed E-state index contributed by atoms with van der Waals surface area (Å²) >= 11 is 0. The zero-order valence-electron chi connectivity index (χ0n) is 20.6. The third-order valence-electron chi connectivity index (χ3n) is 7.62. The van der Waals surface area contributed by atoms with Crippen molar-refractivity contribution in [2.45, 2.75) is 19.3 Å². The highest BCUT2D eigenvalue weighted by Crippen LogP contribution is 2.34. The number of rotatable bonds is 5. The van der Waals surface area contributed by atoms with Crippen molar-refractivity contribution < 1.29 is 4.79 Å². The number of piperidine rings is 2. The Morgan fingerprint density at radius 1 is 1.08 bits per heavy atom. The summed E-state index contributed by atoms with van der Waals surface area (Å²) in [5.41, 5.74) is 2.77. The molecule has 4 aromatic rings. The Labute approximate surface area is 220 Å². The molecule has 1 aliphatic carbocycles. The zero-order chi connectivity index (χ0) is 24.2. The van der Waals surface area contributed by atoms with Crippen LogP contribution in [-0.4, -0.2) is 63.7 Å². The van der Waals surface area contributed by atoms with Gasteiger partial charge in [0.05, 0.1) is 11.9 Å². The summed E-state index contributed by atoms with van der Waals surface area (Å²) in [5.74, 6) is 3.39. The fourth-order valence-corrected chi connectivity index (χ4v) is 5.64. The molecule has 0 radical (unpaired) electrons. The molecule has 7 rings (SSSR count). The Balaban J connectivity index is 0.00000252. The summed E-state index contributed by atoms with van der Waals surface area (Å²) in [7, 11) is 1.83. The summed E-state index contributed by atoms with van der Waals surface area (Å²) in [6.07, 6.45) is 8.83. The Hall–Kier alpha value is -3.50. The van der Waals surface area contributed by atoms with Crippen molar-refractivity contribution in [2.24, 2.45) is 17.8 Å². The van der Waals surface area contributed by atoms with E-state index in [1.54, 1.807) is 12.4 Å². The number of amides is 1. The minimum atomic E-state index is 0. The van der Waals surface area contributed by atoms with Gasteiger partial charge in [-0.2, -0.15) is 0 Å². The van der Waals surface area contributed by atoms with Gasteiger partial charge in [-0.1, -0.05) is 0 Å². The topological polar surface area (TPSA) is 112 Å². The standard InChI is InChI=1S/C26H29N9O.ClH/c1-27-24-20-10-29-22(31-26(36)17-2-3-17)7-19(20)21(11-30-24)25-32-23-5-4-18(14-35(23)33-25)34-12-15-6-16(13-34)9-28-8-15;/h4-5,7,10-11,14-17,28H,2-3,6,8-9,12-13H2,1H3,(H,27,30)(H,29,31,36);1H. The number of pyridine rings is 3. The largest absolute Gasteiger partial charge is 0.373 e. The van der Waals surface area contributed by atoms with Crippen LogP contribution in [0.2, 0.25) is 0 Å². The minimum Gasteiger partial charge on any atom is -0.373 e. The smallest absolute Gasteiger partial charge is 0.228 e. The molecule has 2 unspecified atom stereocenters. The average molecular weight is 520 g/mol. The van der Waals surface area contributed by atoms with Crippen LogP contribution in [0.15, 0.2) is 36.8 Å². The number of halogens is 1. The van der Waals surface area contributed by atoms with Crippen molar-refractivity contribution in [1.82, 2.24) is 29.9 Å². The lowest BCUT2D eigenvalue weighted by atomic mass is 9.86. The van der Waals surface area contributed by atoms with Gasteiger partial charge in [-0.05, 0) is 62.4 Å². The second-order valence-electron chi connectivity index (χ2n) is 10.3. The molecule has 37 heavy (non-hydrogen) atoms. The molecule has 1 saturated carbocycles. The van der Waals surface area contributed by atoms with Gasteiger partial charge in [0.25, 0.3) is 0 Å². The fraction of sp³-hybridized carbons (Fsp3) is 0.423. The van der Waals surface area contributed by atoms with Gasteiger partial charge in [-0.3, -0.25) is 4.79 Å². The quantitative estimate of drug-likeness (QED) is 0.368. The first kappa shape index (κ1) is 23.9. The van der Waals surface area contributed by atoms with Gasteiger partial charge in [0, 0.05) is 54.8 Å². The Morgan fingerprint density at radius 2 is 1.89 bits per heavy atom. The summed E-state index contributed by atoms with van der Waals surface area (Å²) in [6.45, 7) is 4.34. The third kappa shape index (κ3) is 4.44. The van der Waals surface area contributed by atoms with E-state index in [9.17, 15) is 4.79 Å². The lowest BCUT2D eigenvalue weighted by Gasteiger charge is -2.42. The summed E-state index contributed by atoms with van der Waals surface area (Å²) in [4.78, 5) is 28.7. The Morgan fingerprint density at radius 3 is 2.65 bits per heavy atom. The van der Waals surface area contributed by atoms with Crippen molar-refractivity contribution in [1.29, 1.82) is 0 Å². The van der Waals surface area contributed by atoms with Crippen LogP contribution in [0.1, 0.15) is 19.3 Å². The molecule has 3 N–H and O–H groups in total. The molecule has 6 heterocycles. The summed E-state index contributed by atoms with van der Waals surface area (Å²) in [5, 5.41) is 16.2. The van der Waals surface area contributed by atoms with Crippen molar-refractivity contribution >= 4 is 52.1 Å². The molecule has 0 spiro atoms. The summed E-state index contributed by atoms with van der Waals surface area (Å²) in [6, 6.07) is 6.08. The number of hydrogen-bond donors (Lipinski definition) is 3. The van der Waals surface area contributed by atoms with Crippen LogP contribution in [0.3, 0.4) is 0 Å². The van der Waals surface area contributed by atoms with Crippen molar-refractivity contribution in [3.05, 3.63) is 36.8 Å². The SMILES string of the molecule is CNc1ncc(-c2nc3ccc(N4CC5CNCC(C5)C4)cn3n2)c2cc(NC(=O)C3CC3)ncc12.Cl. The number of hydrogen-bond acceptors (Lipinski definition) is 8. The van der Waals surface area contributed by atoms with Gasteiger partial charge in [-0.15, -0.1) is 17.5 Å². The second kappa shape index (κ2) is 9.42. The maximum atomic E-state index is 12.3. The van der Waals surface area contributed by atoms with E-state index < -0.39 is 0 Å². The van der Waals surface area contributed by atoms with Crippen LogP contribution in [0.5, 0.6) is 0 Å². The predicted molar refractivity (Wildman–Crippen MR) is 146 cm³/mol. The van der Waals surface area contributed by atoms with Crippen molar-refractivity contribution in [3.8, 4) is 11.4 Å². The molecule has 2 atom stereocenters. The Kier molecular flexibility index (Phi) is 6.08. The van der Waals surface area contributed by atoms with Crippen LogP contribution in [0.4, 0.5) is 17.3 Å². The first-order chi connectivity index (χ1) is 17.6. The van der Waals surface area contributed by atoms with Gasteiger partial charge in [0.1, 0.15) is 11.6 Å². The van der Waals surface area contributed by atoms with E-state index in [0.29, 0.717) is 23.5 Å². The van der Waals surface area contributed by atoms with E-state index in [1.807, 2.05) is 23.7 Å². The highest BCUT2D eigenvalue weighted by molar-refractivity contribution is 6.03. The molecule has 11 heteroatoms. The number of nitrogens with one attached hydrogen (secondary N) is 3. The molecule has 3 fully saturated rings. The molecule has 192 valence electrons. The normalized spacial score (nSPS) is 21.1. The fourth-order valence-electron chi connectivity index (χ4n) is 5.64. The van der Waals surface area contributed by atoms with Gasteiger partial charge in [-0.25, -0.2) is 19.5 Å². The monoisotopic (exact) mass is 519 g/mol. The van der Waals surface area contributed by atoms with E-state index in [2.05, 4.69) is 43.1 Å². The molecule has 1 amide bonds. The first-order valence-corrected chi connectivity index (χ1v) is 12.7. The van der Waals surface area contributed by atoms with Gasteiger partial charge >= 0.3 is 0 Å². The van der Waals surface area contributed by atoms with Gasteiger partial charge in [0.15, 0.2) is 11.5 Å². The van der Waals surface area contributed by atoms with Crippen LogP contribution in [0, 0.1) is 17.8 Å². The highest BCUT2D eigenvalue weighted by Gasteiger charge is 2.31. The summed E-state index contributed by atoms with van der Waals surface area (Å²) < 4.78 is 1.86. The molecular formula is C26H30ClN9O. The van der Waals surface area contributed by atoms with E-state index in [4.69, 9.17) is 10.1 Å². The molecule has 3 aliphatic rings. The highest BCUT2D eigenvalue weighted by atomic mass is 35.5. The van der Waals surface area contributed by atoms with Gasteiger partial charge < -0.3 is 20.9 Å². The van der Waals surface area contributed by atoms with Crippen LogP contribution >= 0.6 is 12.4 Å². The van der Waals surface area contributed by atoms with E-state index in [-0.39, 0.29) is 24.2 Å². The minimum absolute atomic E-state index is 0. The number of aromatic nitrogens is 5. The molecule has 0 aromatic carbocycles. The molecule has 2 saturated heterocycles. The van der Waals surface area contributed by atoms with E-state index in [0.717, 1.165) is 66.8 Å². The number of fused-ring (bicyclic) bond motifs is 4. The molecule has 4 aromatic heterocycles. The Bertz CT molecular complexity index is 1470. The van der Waals surface area contributed by atoms with Crippen LogP contribution in [-0.2, 0) is 4.79 Å².